The Kier molecular flexibility index (Phi) is 8.42. The van der Waals surface area contributed by atoms with E-state index >= 15 is 0 Å². The summed E-state index contributed by atoms with van der Waals surface area (Å²) >= 11 is 0. The van der Waals surface area contributed by atoms with Gasteiger partial charge in [-0.3, -0.25) is 0 Å². The lowest BCUT2D eigenvalue weighted by molar-refractivity contribution is 0.0912. The molecule has 1 aromatic rings. The number of aliphatic imine (C=N–C) groups is 1. The lowest BCUT2D eigenvalue weighted by atomic mass is 10.2. The molecule has 0 atom stereocenters. The van der Waals surface area contributed by atoms with Gasteiger partial charge in [-0.15, -0.1) is 0 Å². The number of aliphatic hydroxyl groups excluding tert-OH is 1. The number of hydrogen-bond acceptors (Lipinski definition) is 3. The van der Waals surface area contributed by atoms with Crippen LogP contribution in [0.25, 0.3) is 0 Å². The van der Waals surface area contributed by atoms with Crippen molar-refractivity contribution >= 4 is 5.96 Å². The zero-order chi connectivity index (χ0) is 14.6. The second-order valence-electron chi connectivity index (χ2n) is 4.64. The van der Waals surface area contributed by atoms with E-state index in [4.69, 9.17) is 9.84 Å². The summed E-state index contributed by atoms with van der Waals surface area (Å²) in [4.78, 5) is 6.55. The van der Waals surface area contributed by atoms with E-state index in [1.54, 1.807) is 0 Å². The van der Waals surface area contributed by atoms with Crippen molar-refractivity contribution in [2.75, 3.05) is 40.5 Å². The molecule has 1 aromatic carbocycles. The quantitative estimate of drug-likeness (QED) is 0.425. The summed E-state index contributed by atoms with van der Waals surface area (Å²) in [5, 5.41) is 11.9. The first-order valence-corrected chi connectivity index (χ1v) is 6.92. The van der Waals surface area contributed by atoms with Crippen LogP contribution in [0, 0.1) is 0 Å². The number of hydrogen-bond donors (Lipinski definition) is 2. The fourth-order valence-corrected chi connectivity index (χ4v) is 1.65. The molecular formula is C15H25N3O2. The van der Waals surface area contributed by atoms with E-state index in [2.05, 4.69) is 22.4 Å². The monoisotopic (exact) mass is 279 g/mol. The van der Waals surface area contributed by atoms with Crippen LogP contribution in [-0.2, 0) is 11.3 Å². The summed E-state index contributed by atoms with van der Waals surface area (Å²) in [6.07, 6.45) is 0.887. The van der Waals surface area contributed by atoms with Crippen LogP contribution in [0.5, 0.6) is 0 Å². The highest BCUT2D eigenvalue weighted by atomic mass is 16.5. The van der Waals surface area contributed by atoms with Gasteiger partial charge in [0, 0.05) is 27.2 Å². The third-order valence-corrected chi connectivity index (χ3v) is 2.66. The average molecular weight is 279 g/mol. The Morgan fingerprint density at radius 2 is 2.00 bits per heavy atom. The van der Waals surface area contributed by atoms with Gasteiger partial charge in [-0.25, -0.2) is 4.99 Å². The molecular weight excluding hydrogens is 254 g/mol. The lowest BCUT2D eigenvalue weighted by Crippen LogP contribution is -2.37. The van der Waals surface area contributed by atoms with Crippen molar-refractivity contribution in [2.24, 2.45) is 4.99 Å². The van der Waals surface area contributed by atoms with Crippen molar-refractivity contribution in [2.45, 2.75) is 13.0 Å². The van der Waals surface area contributed by atoms with E-state index < -0.39 is 0 Å². The summed E-state index contributed by atoms with van der Waals surface area (Å²) in [7, 11) is 3.94. The van der Waals surface area contributed by atoms with Crippen molar-refractivity contribution in [1.82, 2.24) is 10.2 Å². The molecule has 0 saturated heterocycles. The van der Waals surface area contributed by atoms with Crippen LogP contribution in [0.2, 0.25) is 0 Å². The minimum atomic E-state index is 0.0783. The predicted octanol–water partition coefficient (Wildman–Crippen LogP) is 1.09. The summed E-state index contributed by atoms with van der Waals surface area (Å²) in [6.45, 7) is 2.60. The van der Waals surface area contributed by atoms with Gasteiger partial charge in [-0.2, -0.15) is 0 Å². The maximum absolute atomic E-state index is 8.60. The molecule has 5 heteroatoms. The van der Waals surface area contributed by atoms with Crippen molar-refractivity contribution in [1.29, 1.82) is 0 Å². The largest absolute Gasteiger partial charge is 0.394 e. The molecule has 0 radical (unpaired) electrons. The van der Waals surface area contributed by atoms with Crippen LogP contribution in [0.15, 0.2) is 35.3 Å². The van der Waals surface area contributed by atoms with Gasteiger partial charge in [0.2, 0.25) is 0 Å². The van der Waals surface area contributed by atoms with Gasteiger partial charge in [0.25, 0.3) is 0 Å². The Labute approximate surface area is 121 Å². The summed E-state index contributed by atoms with van der Waals surface area (Å²) in [6, 6.07) is 10.2. The Morgan fingerprint density at radius 3 is 2.65 bits per heavy atom. The zero-order valence-corrected chi connectivity index (χ0v) is 12.4. The summed E-state index contributed by atoms with van der Waals surface area (Å²) < 4.78 is 5.21. The molecule has 0 aliphatic heterocycles. The highest BCUT2D eigenvalue weighted by Crippen LogP contribution is 2.00. The van der Waals surface area contributed by atoms with Crippen LogP contribution in [-0.4, -0.2) is 56.4 Å². The molecule has 0 aromatic heterocycles. The maximum Gasteiger partial charge on any atom is 0.193 e. The van der Waals surface area contributed by atoms with E-state index in [9.17, 15) is 0 Å². The fraction of sp³-hybridized carbons (Fsp3) is 0.533. The second kappa shape index (κ2) is 10.2. The average Bonchev–Trinajstić information content (AvgIpc) is 2.46. The topological polar surface area (TPSA) is 57.1 Å². The van der Waals surface area contributed by atoms with Crippen LogP contribution < -0.4 is 5.32 Å². The summed E-state index contributed by atoms with van der Waals surface area (Å²) in [5.74, 6) is 0.871. The predicted molar refractivity (Wildman–Crippen MR) is 81.8 cm³/mol. The molecule has 0 aliphatic rings. The first-order chi connectivity index (χ1) is 9.74. The molecule has 0 bridgehead atoms. The van der Waals surface area contributed by atoms with Gasteiger partial charge in [0.1, 0.15) is 0 Å². The van der Waals surface area contributed by atoms with Crippen molar-refractivity contribution < 1.29 is 9.84 Å². The third-order valence-electron chi connectivity index (χ3n) is 2.66. The first-order valence-electron chi connectivity index (χ1n) is 6.92. The number of benzene rings is 1. The molecule has 112 valence electrons. The number of ether oxygens (including phenoxy) is 1. The van der Waals surface area contributed by atoms with Crippen molar-refractivity contribution in [3.8, 4) is 0 Å². The van der Waals surface area contributed by atoms with Gasteiger partial charge < -0.3 is 20.1 Å². The summed E-state index contributed by atoms with van der Waals surface area (Å²) in [5.41, 5.74) is 1.19. The van der Waals surface area contributed by atoms with Gasteiger partial charge in [0.15, 0.2) is 5.96 Å². The van der Waals surface area contributed by atoms with Crippen molar-refractivity contribution in [3.05, 3.63) is 35.9 Å². The van der Waals surface area contributed by atoms with Crippen molar-refractivity contribution in [3.63, 3.8) is 0 Å². The van der Waals surface area contributed by atoms with Crippen LogP contribution in [0.1, 0.15) is 12.0 Å². The molecule has 0 aliphatic carbocycles. The smallest absolute Gasteiger partial charge is 0.193 e. The Bertz CT molecular complexity index is 380. The zero-order valence-electron chi connectivity index (χ0n) is 12.4. The minimum Gasteiger partial charge on any atom is -0.394 e. The first kappa shape index (κ1) is 16.5. The van der Waals surface area contributed by atoms with Crippen LogP contribution >= 0.6 is 0 Å². The van der Waals surface area contributed by atoms with Gasteiger partial charge in [0.05, 0.1) is 19.8 Å². The number of nitrogens with one attached hydrogen (secondary N) is 1. The number of rotatable bonds is 8. The number of guanidine groups is 1. The highest BCUT2D eigenvalue weighted by molar-refractivity contribution is 5.79. The Balaban J connectivity index is 2.32. The molecule has 0 saturated carbocycles. The molecule has 5 nitrogen and oxygen atoms in total. The SMILES string of the molecule is CN(C)C(=NCc1ccccc1)NCCCOCCO. The fourth-order valence-electron chi connectivity index (χ4n) is 1.65. The van der Waals surface area contributed by atoms with Gasteiger partial charge >= 0.3 is 0 Å². The second-order valence-corrected chi connectivity index (χ2v) is 4.64. The lowest BCUT2D eigenvalue weighted by Gasteiger charge is -2.17. The highest BCUT2D eigenvalue weighted by Gasteiger charge is 2.00. The molecule has 0 amide bonds. The van der Waals surface area contributed by atoms with E-state index in [1.165, 1.54) is 5.56 Å². The molecule has 2 N–H and O–H groups in total. The molecule has 0 heterocycles. The number of nitrogens with zero attached hydrogens (tertiary/aromatic N) is 2. The minimum absolute atomic E-state index is 0.0783. The van der Waals surface area contributed by atoms with E-state index in [0.29, 0.717) is 19.8 Å². The van der Waals surface area contributed by atoms with Gasteiger partial charge in [-0.05, 0) is 12.0 Å². The van der Waals surface area contributed by atoms with Gasteiger partial charge in [-0.1, -0.05) is 30.3 Å². The molecule has 1 rings (SSSR count). The molecule has 0 unspecified atom stereocenters. The molecule has 20 heavy (non-hydrogen) atoms. The van der Waals surface area contributed by atoms with E-state index in [1.807, 2.05) is 37.2 Å². The van der Waals surface area contributed by atoms with Crippen LogP contribution in [0.3, 0.4) is 0 Å². The normalized spacial score (nSPS) is 11.4. The maximum atomic E-state index is 8.60. The standard InChI is InChI=1S/C15H25N3O2/c1-18(2)15(16-9-6-11-20-12-10-19)17-13-14-7-4-3-5-8-14/h3-5,7-8,19H,6,9-13H2,1-2H3,(H,16,17). The third kappa shape index (κ3) is 7.11. The Hall–Kier alpha value is -1.59. The molecule has 0 fully saturated rings. The molecule has 0 spiro atoms. The Morgan fingerprint density at radius 1 is 1.25 bits per heavy atom. The number of aliphatic hydroxyl groups is 1. The van der Waals surface area contributed by atoms with Crippen LogP contribution in [0.4, 0.5) is 0 Å². The van der Waals surface area contributed by atoms with E-state index in [0.717, 1.165) is 18.9 Å². The van der Waals surface area contributed by atoms with E-state index in [-0.39, 0.29) is 6.61 Å².